The van der Waals surface area contributed by atoms with Crippen molar-refractivity contribution < 1.29 is 29.1 Å². The van der Waals surface area contributed by atoms with Gasteiger partial charge in [-0.05, 0) is 67.3 Å². The summed E-state index contributed by atoms with van der Waals surface area (Å²) in [5, 5.41) is 30.3. The number of nitrogens with zero attached hydrogens (tertiary/aromatic N) is 4. The molecule has 0 radical (unpaired) electrons. The van der Waals surface area contributed by atoms with Crippen LogP contribution in [0.15, 0.2) is 48.5 Å². The fraction of sp³-hybridized carbons (Fsp3) is 0.528. The predicted molar refractivity (Wildman–Crippen MR) is 185 cm³/mol. The summed E-state index contributed by atoms with van der Waals surface area (Å²) in [4.78, 5) is 69.6. The predicted octanol–water partition coefficient (Wildman–Crippen LogP) is 1.81. The van der Waals surface area contributed by atoms with Crippen LogP contribution < -0.4 is 21.3 Å². The topological polar surface area (TPSA) is 188 Å². The Balaban J connectivity index is 1.28. The van der Waals surface area contributed by atoms with Crippen molar-refractivity contribution in [2.24, 2.45) is 11.8 Å². The van der Waals surface area contributed by atoms with Gasteiger partial charge in [0.15, 0.2) is 0 Å². The van der Waals surface area contributed by atoms with E-state index in [9.17, 15) is 29.1 Å². The summed E-state index contributed by atoms with van der Waals surface area (Å²) in [5.74, 6) is -1.27. The van der Waals surface area contributed by atoms with Crippen molar-refractivity contribution in [3.63, 3.8) is 0 Å². The highest BCUT2D eigenvalue weighted by molar-refractivity contribution is 5.90. The van der Waals surface area contributed by atoms with Gasteiger partial charge in [-0.15, -0.1) is 0 Å². The van der Waals surface area contributed by atoms with Crippen LogP contribution in [0.4, 0.5) is 0 Å². The lowest BCUT2D eigenvalue weighted by Crippen LogP contribution is -2.50. The van der Waals surface area contributed by atoms with Crippen LogP contribution in [-0.2, 0) is 36.9 Å². The summed E-state index contributed by atoms with van der Waals surface area (Å²) in [6, 6.07) is 11.6. The summed E-state index contributed by atoms with van der Waals surface area (Å²) in [6.07, 6.45) is 2.39. The zero-order valence-corrected chi connectivity index (χ0v) is 28.9. The molecular weight excluding hydrogens is 640 g/mol. The molecule has 2 aromatic carbocycles. The van der Waals surface area contributed by atoms with E-state index in [0.29, 0.717) is 30.3 Å². The number of aromatic nitrogens is 3. The molecule has 0 aliphatic carbocycles. The van der Waals surface area contributed by atoms with E-state index in [-0.39, 0.29) is 98.5 Å². The second-order valence-corrected chi connectivity index (χ2v) is 13.9. The Kier molecular flexibility index (Phi) is 12.0. The van der Waals surface area contributed by atoms with E-state index in [1.54, 1.807) is 17.0 Å². The summed E-state index contributed by atoms with van der Waals surface area (Å²) in [5.41, 5.74) is 2.13. The van der Waals surface area contributed by atoms with Gasteiger partial charge in [0.25, 0.3) is 0 Å². The van der Waals surface area contributed by atoms with Crippen molar-refractivity contribution in [1.29, 1.82) is 0 Å². The average molecular weight is 689 g/mol. The lowest BCUT2D eigenvalue weighted by Gasteiger charge is -2.29. The zero-order chi connectivity index (χ0) is 35.8. The SMILES string of the molecule is CC(C)[C@@H]1CC[C@@H](C)CC(=O)N[C@@H](Cc2ccc(O)cc2)C(=O)NCCCC(=O)N2C[C@H](NC(=O)Cn3nc4ccccc4n3)C[C@H]2C(=O)N1. The van der Waals surface area contributed by atoms with Gasteiger partial charge in [-0.25, -0.2) is 0 Å². The normalized spacial score (nSPS) is 24.6. The number of carbonyl (C=O) groups is 5. The highest BCUT2D eigenvalue weighted by atomic mass is 16.3. The summed E-state index contributed by atoms with van der Waals surface area (Å²) in [7, 11) is 0. The van der Waals surface area contributed by atoms with Crippen LogP contribution in [0.5, 0.6) is 5.75 Å². The number of phenolic OH excluding ortho intramolecular Hbond substituents is 1. The fourth-order valence-electron chi connectivity index (χ4n) is 6.62. The van der Waals surface area contributed by atoms with E-state index in [1.165, 1.54) is 16.9 Å². The number of nitrogens with one attached hydrogen (secondary N) is 4. The van der Waals surface area contributed by atoms with E-state index in [1.807, 2.05) is 45.0 Å². The monoisotopic (exact) mass is 688 g/mol. The Morgan fingerprint density at radius 2 is 1.68 bits per heavy atom. The van der Waals surface area contributed by atoms with Gasteiger partial charge < -0.3 is 31.3 Å². The fourth-order valence-corrected chi connectivity index (χ4v) is 6.62. The number of rotatable bonds is 6. The summed E-state index contributed by atoms with van der Waals surface area (Å²) in [6.45, 7) is 6.27. The highest BCUT2D eigenvalue weighted by Crippen LogP contribution is 2.23. The van der Waals surface area contributed by atoms with Crippen molar-refractivity contribution in [2.45, 2.75) is 96.4 Å². The molecule has 0 saturated carbocycles. The standard InChI is InChI=1S/C36H48N8O6/c1-22(2)27-15-10-23(3)17-32(46)39-30(18-24-11-13-26(45)14-12-24)35(49)37-16-6-9-34(48)43-20-25(19-31(43)36(50)40-27)38-33(47)21-44-41-28-7-4-5-8-29(28)42-44/h4-5,7-8,11-14,22-23,25,27,30-31,45H,6,9-10,15-21H2,1-3H3,(H,37,49)(H,38,47)(H,39,46)(H,40,50)/t23-,25-,27+,30+,31+/m1/s1. The molecule has 0 unspecified atom stereocenters. The number of benzene rings is 2. The third kappa shape index (κ3) is 9.79. The molecule has 50 heavy (non-hydrogen) atoms. The van der Waals surface area contributed by atoms with Gasteiger partial charge in [0, 0.05) is 44.4 Å². The minimum atomic E-state index is -0.834. The Bertz CT molecular complexity index is 1640. The number of carbonyl (C=O) groups excluding carboxylic acids is 5. The number of amides is 5. The van der Waals surface area contributed by atoms with E-state index in [0.717, 1.165) is 5.56 Å². The van der Waals surface area contributed by atoms with Crippen molar-refractivity contribution in [2.75, 3.05) is 13.1 Å². The van der Waals surface area contributed by atoms with Gasteiger partial charge in [-0.2, -0.15) is 15.0 Å². The summed E-state index contributed by atoms with van der Waals surface area (Å²) < 4.78 is 0. The van der Waals surface area contributed by atoms with E-state index in [4.69, 9.17) is 0 Å². The quantitative estimate of drug-likeness (QED) is 0.259. The third-order valence-electron chi connectivity index (χ3n) is 9.43. The Morgan fingerprint density at radius 3 is 2.36 bits per heavy atom. The number of phenols is 1. The van der Waals surface area contributed by atoms with Gasteiger partial charge in [0.05, 0.1) is 0 Å². The molecule has 5 atom stereocenters. The van der Waals surface area contributed by atoms with Gasteiger partial charge >= 0.3 is 0 Å². The van der Waals surface area contributed by atoms with Crippen LogP contribution in [0.2, 0.25) is 0 Å². The molecular formula is C36H48N8O6. The average Bonchev–Trinajstić information content (AvgIpc) is 3.68. The Morgan fingerprint density at radius 1 is 0.980 bits per heavy atom. The highest BCUT2D eigenvalue weighted by Gasteiger charge is 2.40. The molecule has 0 spiro atoms. The molecule has 0 bridgehead atoms. The molecule has 2 aliphatic rings. The molecule has 2 saturated heterocycles. The van der Waals surface area contributed by atoms with Crippen LogP contribution in [0.25, 0.3) is 11.0 Å². The minimum Gasteiger partial charge on any atom is -0.508 e. The van der Waals surface area contributed by atoms with E-state index >= 15 is 0 Å². The van der Waals surface area contributed by atoms with Gasteiger partial charge in [0.2, 0.25) is 29.5 Å². The smallest absolute Gasteiger partial charge is 0.243 e. The lowest BCUT2D eigenvalue weighted by molar-refractivity contribution is -0.139. The van der Waals surface area contributed by atoms with Crippen molar-refractivity contribution in [3.05, 3.63) is 54.1 Å². The Hall–Kier alpha value is -5.01. The van der Waals surface area contributed by atoms with Crippen LogP contribution in [0, 0.1) is 11.8 Å². The van der Waals surface area contributed by atoms with Crippen molar-refractivity contribution in [3.8, 4) is 5.75 Å². The minimum absolute atomic E-state index is 0.0181. The molecule has 5 amide bonds. The van der Waals surface area contributed by atoms with Crippen molar-refractivity contribution in [1.82, 2.24) is 41.2 Å². The Labute approximate surface area is 291 Å². The molecule has 14 heteroatoms. The van der Waals surface area contributed by atoms with Gasteiger partial charge in [0.1, 0.15) is 35.4 Å². The van der Waals surface area contributed by atoms with E-state index < -0.39 is 18.1 Å². The molecule has 5 rings (SSSR count). The maximum absolute atomic E-state index is 13.8. The molecule has 1 aromatic heterocycles. The van der Waals surface area contributed by atoms with Crippen LogP contribution in [0.1, 0.15) is 64.9 Å². The third-order valence-corrected chi connectivity index (χ3v) is 9.43. The summed E-state index contributed by atoms with van der Waals surface area (Å²) >= 11 is 0. The van der Waals surface area contributed by atoms with Crippen LogP contribution in [0.3, 0.4) is 0 Å². The lowest BCUT2D eigenvalue weighted by atomic mass is 9.92. The zero-order valence-electron chi connectivity index (χ0n) is 28.9. The first-order valence-electron chi connectivity index (χ1n) is 17.5. The van der Waals surface area contributed by atoms with Gasteiger partial charge in [-0.3, -0.25) is 24.0 Å². The van der Waals surface area contributed by atoms with Crippen LogP contribution in [-0.4, -0.2) is 91.8 Å². The second kappa shape index (κ2) is 16.6. The maximum Gasteiger partial charge on any atom is 0.243 e. The van der Waals surface area contributed by atoms with Gasteiger partial charge in [-0.1, -0.05) is 45.0 Å². The molecule has 268 valence electrons. The first kappa shape index (κ1) is 36.3. The molecule has 3 heterocycles. The second-order valence-electron chi connectivity index (χ2n) is 13.9. The number of fused-ring (bicyclic) bond motifs is 2. The van der Waals surface area contributed by atoms with E-state index in [2.05, 4.69) is 31.5 Å². The molecule has 5 N–H and O–H groups in total. The number of hydrogen-bond acceptors (Lipinski definition) is 8. The van der Waals surface area contributed by atoms with Crippen LogP contribution >= 0.6 is 0 Å². The molecule has 2 fully saturated rings. The maximum atomic E-state index is 13.8. The first-order valence-corrected chi connectivity index (χ1v) is 17.5. The number of aromatic hydroxyl groups is 1. The first-order chi connectivity index (χ1) is 23.9. The molecule has 3 aromatic rings. The molecule has 14 nitrogen and oxygen atoms in total. The number of hydrogen-bond donors (Lipinski definition) is 5. The van der Waals surface area contributed by atoms with Crippen molar-refractivity contribution >= 4 is 40.6 Å². The molecule has 2 aliphatic heterocycles. The largest absolute Gasteiger partial charge is 0.508 e.